The van der Waals surface area contributed by atoms with Gasteiger partial charge in [-0.15, -0.1) is 0 Å². The second-order valence-corrected chi connectivity index (χ2v) is 11.2. The fraction of sp³-hybridized carbons (Fsp3) is 0.222. The zero-order valence-corrected chi connectivity index (χ0v) is 23.6. The minimum absolute atomic E-state index is 0.0977. The zero-order chi connectivity index (χ0) is 28.9. The summed E-state index contributed by atoms with van der Waals surface area (Å²) in [4.78, 5) is 29.5. The number of hydrogen-bond donors (Lipinski definition) is 4. The van der Waals surface area contributed by atoms with Gasteiger partial charge in [0.1, 0.15) is 6.04 Å². The number of para-hydroxylation sites is 1. The van der Waals surface area contributed by atoms with Crippen molar-refractivity contribution in [3.05, 3.63) is 131 Å². The van der Waals surface area contributed by atoms with E-state index in [1.54, 1.807) is 12.1 Å². The van der Waals surface area contributed by atoms with Gasteiger partial charge in [-0.25, -0.2) is 0 Å². The van der Waals surface area contributed by atoms with E-state index in [1.807, 2.05) is 24.3 Å². The molecule has 6 nitrogen and oxygen atoms in total. The summed E-state index contributed by atoms with van der Waals surface area (Å²) < 4.78 is 0. The van der Waals surface area contributed by atoms with Gasteiger partial charge >= 0.3 is 0 Å². The van der Waals surface area contributed by atoms with Crippen LogP contribution in [0.2, 0.25) is 0 Å². The number of fused-ring (bicyclic) bond motifs is 1. The standard InChI is InChI=1S/C36H36N4O2/c37-33(26-11-3-1-4-12-26)36(42)40-39-35(41)30-17-8-7-15-28(30)25-21-19-24(20-22-25)23-31-29-16-9-10-18-32(29)38-34(31)27-13-5-2-6-14-27/h1-6,9-14,16,18-22,28,30,33,38H,7-8,15,17,23,37H2,(H,39,41)(H,40,42)/t28-,30+,33?/m0/s1. The van der Waals surface area contributed by atoms with E-state index in [0.717, 1.165) is 48.9 Å². The number of hydrazine groups is 1. The molecular formula is C36H36N4O2. The van der Waals surface area contributed by atoms with Gasteiger partial charge in [-0.2, -0.15) is 0 Å². The molecule has 4 aromatic carbocycles. The van der Waals surface area contributed by atoms with Crippen LogP contribution in [0, 0.1) is 5.92 Å². The van der Waals surface area contributed by atoms with Crippen LogP contribution in [0.4, 0.5) is 0 Å². The molecule has 5 N–H and O–H groups in total. The van der Waals surface area contributed by atoms with Crippen LogP contribution >= 0.6 is 0 Å². The Balaban J connectivity index is 1.16. The molecular weight excluding hydrogens is 520 g/mol. The molecule has 2 amide bonds. The Morgan fingerprint density at radius 2 is 1.45 bits per heavy atom. The van der Waals surface area contributed by atoms with Crippen LogP contribution in [0.5, 0.6) is 0 Å². The lowest BCUT2D eigenvalue weighted by Crippen LogP contribution is -2.49. The Kier molecular flexibility index (Phi) is 8.15. The number of aromatic nitrogens is 1. The summed E-state index contributed by atoms with van der Waals surface area (Å²) in [6.45, 7) is 0. The Morgan fingerprint density at radius 1 is 0.786 bits per heavy atom. The van der Waals surface area contributed by atoms with Crippen molar-refractivity contribution in [2.75, 3.05) is 0 Å². The predicted molar refractivity (Wildman–Crippen MR) is 167 cm³/mol. The summed E-state index contributed by atoms with van der Waals surface area (Å²) >= 11 is 0. The van der Waals surface area contributed by atoms with Gasteiger partial charge in [-0.3, -0.25) is 20.4 Å². The Hall–Kier alpha value is -4.68. The molecule has 1 aromatic heterocycles. The lowest BCUT2D eigenvalue weighted by molar-refractivity contribution is -0.132. The van der Waals surface area contributed by atoms with E-state index < -0.39 is 11.9 Å². The molecule has 5 aromatic rings. The van der Waals surface area contributed by atoms with Crippen molar-refractivity contribution < 1.29 is 9.59 Å². The summed E-state index contributed by atoms with van der Waals surface area (Å²) in [6.07, 6.45) is 4.60. The molecule has 1 aliphatic carbocycles. The minimum atomic E-state index is -0.847. The number of hydrogen-bond acceptors (Lipinski definition) is 3. The van der Waals surface area contributed by atoms with E-state index >= 15 is 0 Å². The van der Waals surface area contributed by atoms with Crippen LogP contribution in [0.3, 0.4) is 0 Å². The number of carbonyl (C=O) groups excluding carboxylic acids is 2. The predicted octanol–water partition coefficient (Wildman–Crippen LogP) is 6.55. The van der Waals surface area contributed by atoms with Crippen LogP contribution in [0.25, 0.3) is 22.2 Å². The Labute approximate surface area is 246 Å². The third kappa shape index (κ3) is 5.85. The number of benzene rings is 4. The molecule has 1 unspecified atom stereocenters. The molecule has 3 atom stereocenters. The first-order valence-electron chi connectivity index (χ1n) is 14.7. The quantitative estimate of drug-likeness (QED) is 0.171. The lowest BCUT2D eigenvalue weighted by Gasteiger charge is -2.31. The second-order valence-electron chi connectivity index (χ2n) is 11.2. The maximum atomic E-state index is 13.3. The van der Waals surface area contributed by atoms with Gasteiger partial charge in [0.2, 0.25) is 5.91 Å². The number of rotatable bonds is 7. The molecule has 6 rings (SSSR count). The van der Waals surface area contributed by atoms with Gasteiger partial charge in [0.05, 0.1) is 5.69 Å². The van der Waals surface area contributed by atoms with Crippen molar-refractivity contribution in [2.24, 2.45) is 11.7 Å². The van der Waals surface area contributed by atoms with E-state index in [4.69, 9.17) is 5.73 Å². The highest BCUT2D eigenvalue weighted by molar-refractivity contribution is 5.91. The molecule has 1 heterocycles. The van der Waals surface area contributed by atoms with E-state index in [0.29, 0.717) is 5.56 Å². The van der Waals surface area contributed by atoms with Gasteiger partial charge in [0.25, 0.3) is 5.91 Å². The molecule has 0 radical (unpaired) electrons. The van der Waals surface area contributed by atoms with Crippen LogP contribution in [0.1, 0.15) is 59.9 Å². The molecule has 6 heteroatoms. The maximum absolute atomic E-state index is 13.3. The molecule has 1 fully saturated rings. The normalized spacial score (nSPS) is 17.5. The monoisotopic (exact) mass is 556 g/mol. The first kappa shape index (κ1) is 27.5. The van der Waals surface area contributed by atoms with Crippen molar-refractivity contribution >= 4 is 22.7 Å². The van der Waals surface area contributed by atoms with Gasteiger partial charge in [0, 0.05) is 23.2 Å². The van der Waals surface area contributed by atoms with Crippen LogP contribution < -0.4 is 16.6 Å². The number of carbonyl (C=O) groups is 2. The van der Waals surface area contributed by atoms with E-state index in [9.17, 15) is 9.59 Å². The third-order valence-electron chi connectivity index (χ3n) is 8.52. The van der Waals surface area contributed by atoms with E-state index in [2.05, 4.69) is 88.6 Å². The Bertz CT molecular complexity index is 1660. The zero-order valence-electron chi connectivity index (χ0n) is 23.6. The minimum Gasteiger partial charge on any atom is -0.354 e. The molecule has 42 heavy (non-hydrogen) atoms. The summed E-state index contributed by atoms with van der Waals surface area (Å²) in [5.41, 5.74) is 19.1. The number of nitrogens with one attached hydrogen (secondary N) is 3. The fourth-order valence-electron chi connectivity index (χ4n) is 6.27. The third-order valence-corrected chi connectivity index (χ3v) is 8.52. The van der Waals surface area contributed by atoms with Crippen LogP contribution in [0.15, 0.2) is 109 Å². The summed E-state index contributed by atoms with van der Waals surface area (Å²) in [7, 11) is 0. The van der Waals surface area contributed by atoms with Gasteiger partial charge in [0.15, 0.2) is 0 Å². The number of nitrogens with two attached hydrogens (primary N) is 1. The fourth-order valence-corrected chi connectivity index (χ4v) is 6.27. The molecule has 212 valence electrons. The summed E-state index contributed by atoms with van der Waals surface area (Å²) in [5, 5.41) is 1.23. The van der Waals surface area contributed by atoms with Crippen molar-refractivity contribution in [2.45, 2.75) is 44.1 Å². The summed E-state index contributed by atoms with van der Waals surface area (Å²) in [5.74, 6) is -0.710. The van der Waals surface area contributed by atoms with Crippen molar-refractivity contribution in [1.82, 2.24) is 15.8 Å². The highest BCUT2D eigenvalue weighted by atomic mass is 16.2. The van der Waals surface area contributed by atoms with Crippen LogP contribution in [-0.4, -0.2) is 16.8 Å². The molecule has 0 saturated heterocycles. The van der Waals surface area contributed by atoms with Crippen LogP contribution in [-0.2, 0) is 16.0 Å². The number of aromatic amines is 1. The molecule has 0 bridgehead atoms. The number of amides is 2. The maximum Gasteiger partial charge on any atom is 0.259 e. The smallest absolute Gasteiger partial charge is 0.259 e. The first-order valence-corrected chi connectivity index (χ1v) is 14.7. The van der Waals surface area contributed by atoms with Gasteiger partial charge in [-0.1, -0.05) is 116 Å². The molecule has 0 spiro atoms. The highest BCUT2D eigenvalue weighted by Gasteiger charge is 2.32. The van der Waals surface area contributed by atoms with Crippen molar-refractivity contribution in [3.8, 4) is 11.3 Å². The molecule has 0 aliphatic heterocycles. The molecule has 1 saturated carbocycles. The molecule has 1 aliphatic rings. The lowest BCUT2D eigenvalue weighted by atomic mass is 9.75. The van der Waals surface area contributed by atoms with E-state index in [-0.39, 0.29) is 17.7 Å². The largest absolute Gasteiger partial charge is 0.354 e. The first-order chi connectivity index (χ1) is 20.6. The van der Waals surface area contributed by atoms with Gasteiger partial charge in [-0.05, 0) is 52.6 Å². The summed E-state index contributed by atoms with van der Waals surface area (Å²) in [6, 6.07) is 35.9. The van der Waals surface area contributed by atoms with Crippen molar-refractivity contribution in [1.29, 1.82) is 0 Å². The average Bonchev–Trinajstić information content (AvgIpc) is 3.42. The van der Waals surface area contributed by atoms with E-state index in [1.165, 1.54) is 22.1 Å². The van der Waals surface area contributed by atoms with Crippen molar-refractivity contribution in [3.63, 3.8) is 0 Å². The Morgan fingerprint density at radius 3 is 2.21 bits per heavy atom. The topological polar surface area (TPSA) is 100 Å². The van der Waals surface area contributed by atoms with Gasteiger partial charge < -0.3 is 10.7 Å². The second kappa shape index (κ2) is 12.5. The highest BCUT2D eigenvalue weighted by Crippen LogP contribution is 2.38. The average molecular weight is 557 g/mol. The number of H-pyrrole nitrogens is 1. The SMILES string of the molecule is NC(C(=O)NNC(=O)[C@@H]1CCCC[C@H]1c1ccc(Cc2c(-c3ccccc3)[nH]c3ccccc23)cc1)c1ccccc1.